The molecule has 1 aromatic carbocycles. The largest absolute Gasteiger partial charge is 0.494 e. The van der Waals surface area contributed by atoms with Crippen LogP contribution < -0.4 is 4.74 Å². The molecule has 1 aromatic rings. The van der Waals surface area contributed by atoms with Gasteiger partial charge < -0.3 is 9.84 Å². The average molecular weight is 206 g/mol. The van der Waals surface area contributed by atoms with E-state index < -0.39 is 5.60 Å². The lowest BCUT2D eigenvalue weighted by atomic mass is 9.91. The molecule has 1 fully saturated rings. The lowest BCUT2D eigenvalue weighted by Crippen LogP contribution is -2.23. The number of hydrogen-bond donors (Lipinski definition) is 1. The number of hydrogen-bond acceptors (Lipinski definition) is 2. The SMILES string of the molecule is CCOc1ccc([C@](C)(O)C2CC2)cc1. The van der Waals surface area contributed by atoms with Gasteiger partial charge in [-0.1, -0.05) is 12.1 Å². The molecule has 15 heavy (non-hydrogen) atoms. The summed E-state index contributed by atoms with van der Waals surface area (Å²) in [6.45, 7) is 4.55. The Morgan fingerprint density at radius 3 is 2.40 bits per heavy atom. The quantitative estimate of drug-likeness (QED) is 0.820. The summed E-state index contributed by atoms with van der Waals surface area (Å²) in [6.07, 6.45) is 2.28. The van der Waals surface area contributed by atoms with Crippen molar-refractivity contribution in [2.45, 2.75) is 32.3 Å². The summed E-state index contributed by atoms with van der Waals surface area (Å²) in [5, 5.41) is 10.3. The zero-order valence-corrected chi connectivity index (χ0v) is 9.36. The van der Waals surface area contributed by atoms with Crippen LogP contribution in [0.1, 0.15) is 32.3 Å². The second kappa shape index (κ2) is 3.86. The van der Waals surface area contributed by atoms with Crippen LogP contribution in [0.2, 0.25) is 0 Å². The van der Waals surface area contributed by atoms with Crippen LogP contribution >= 0.6 is 0 Å². The zero-order valence-electron chi connectivity index (χ0n) is 9.36. The first-order valence-corrected chi connectivity index (χ1v) is 5.60. The minimum absolute atomic E-state index is 0.440. The van der Waals surface area contributed by atoms with Gasteiger partial charge in [0, 0.05) is 0 Å². The average Bonchev–Trinajstić information content (AvgIpc) is 3.02. The van der Waals surface area contributed by atoms with Crippen LogP contribution in [-0.2, 0) is 5.60 Å². The minimum Gasteiger partial charge on any atom is -0.494 e. The van der Waals surface area contributed by atoms with E-state index in [1.807, 2.05) is 38.1 Å². The van der Waals surface area contributed by atoms with E-state index in [4.69, 9.17) is 4.74 Å². The van der Waals surface area contributed by atoms with Gasteiger partial charge in [-0.05, 0) is 50.3 Å². The third-order valence-corrected chi connectivity index (χ3v) is 3.12. The summed E-state index contributed by atoms with van der Waals surface area (Å²) in [7, 11) is 0. The Hall–Kier alpha value is -1.02. The van der Waals surface area contributed by atoms with E-state index in [1.165, 1.54) is 0 Å². The van der Waals surface area contributed by atoms with Gasteiger partial charge in [0.25, 0.3) is 0 Å². The first kappa shape index (κ1) is 10.5. The normalized spacial score (nSPS) is 19.7. The highest BCUT2D eigenvalue weighted by atomic mass is 16.5. The van der Waals surface area contributed by atoms with Crippen molar-refractivity contribution >= 4 is 0 Å². The molecule has 2 heteroatoms. The molecule has 1 saturated carbocycles. The Morgan fingerprint density at radius 1 is 1.33 bits per heavy atom. The molecule has 0 aliphatic heterocycles. The van der Waals surface area contributed by atoms with Gasteiger partial charge >= 0.3 is 0 Å². The van der Waals surface area contributed by atoms with Gasteiger partial charge in [0.15, 0.2) is 0 Å². The van der Waals surface area contributed by atoms with Gasteiger partial charge in [-0.25, -0.2) is 0 Å². The first-order chi connectivity index (χ1) is 7.14. The lowest BCUT2D eigenvalue weighted by molar-refractivity contribution is 0.0330. The minimum atomic E-state index is -0.662. The van der Waals surface area contributed by atoms with Crippen molar-refractivity contribution in [2.75, 3.05) is 6.61 Å². The van der Waals surface area contributed by atoms with Gasteiger partial charge in [-0.15, -0.1) is 0 Å². The van der Waals surface area contributed by atoms with Crippen LogP contribution in [0.4, 0.5) is 0 Å². The maximum absolute atomic E-state index is 10.3. The first-order valence-electron chi connectivity index (χ1n) is 5.60. The molecule has 1 N–H and O–H groups in total. The number of rotatable bonds is 4. The molecule has 0 radical (unpaired) electrons. The molecule has 0 unspecified atom stereocenters. The second-order valence-corrected chi connectivity index (χ2v) is 4.38. The topological polar surface area (TPSA) is 29.5 Å². The van der Waals surface area contributed by atoms with Gasteiger partial charge in [-0.2, -0.15) is 0 Å². The second-order valence-electron chi connectivity index (χ2n) is 4.38. The highest BCUT2D eigenvalue weighted by Gasteiger charge is 2.40. The Balaban J connectivity index is 2.15. The third-order valence-electron chi connectivity index (χ3n) is 3.12. The fourth-order valence-corrected chi connectivity index (χ4v) is 1.94. The molecule has 1 aliphatic rings. The van der Waals surface area contributed by atoms with Crippen molar-refractivity contribution in [1.82, 2.24) is 0 Å². The van der Waals surface area contributed by atoms with Gasteiger partial charge in [0.05, 0.1) is 12.2 Å². The van der Waals surface area contributed by atoms with Crippen molar-refractivity contribution < 1.29 is 9.84 Å². The lowest BCUT2D eigenvalue weighted by Gasteiger charge is -2.23. The molecule has 0 bridgehead atoms. The maximum atomic E-state index is 10.3. The van der Waals surface area contributed by atoms with Crippen molar-refractivity contribution in [1.29, 1.82) is 0 Å². The predicted molar refractivity (Wildman–Crippen MR) is 59.9 cm³/mol. The van der Waals surface area contributed by atoms with Crippen LogP contribution in [-0.4, -0.2) is 11.7 Å². The summed E-state index contributed by atoms with van der Waals surface area (Å²) in [4.78, 5) is 0. The molecular formula is C13H18O2. The van der Waals surface area contributed by atoms with Crippen LogP contribution in [0.5, 0.6) is 5.75 Å². The Morgan fingerprint density at radius 2 is 1.93 bits per heavy atom. The van der Waals surface area contributed by atoms with Crippen molar-refractivity contribution in [3.05, 3.63) is 29.8 Å². The van der Waals surface area contributed by atoms with E-state index in [9.17, 15) is 5.11 Å². The summed E-state index contributed by atoms with van der Waals surface area (Å²) in [5.41, 5.74) is 0.332. The van der Waals surface area contributed by atoms with E-state index in [1.54, 1.807) is 0 Å². The molecule has 0 amide bonds. The van der Waals surface area contributed by atoms with Crippen LogP contribution in [0.15, 0.2) is 24.3 Å². The van der Waals surface area contributed by atoms with Crippen LogP contribution in [0, 0.1) is 5.92 Å². The molecule has 2 rings (SSSR count). The van der Waals surface area contributed by atoms with Crippen molar-refractivity contribution in [3.63, 3.8) is 0 Å². The predicted octanol–water partition coefficient (Wildman–Crippen LogP) is 2.70. The zero-order chi connectivity index (χ0) is 10.9. The van der Waals surface area contributed by atoms with Crippen molar-refractivity contribution in [3.8, 4) is 5.75 Å². The standard InChI is InChI=1S/C13H18O2/c1-3-15-12-8-6-11(7-9-12)13(2,14)10-4-5-10/h6-10,14H,3-5H2,1-2H3/t13-/m1/s1. The smallest absolute Gasteiger partial charge is 0.119 e. The van der Waals surface area contributed by atoms with E-state index in [2.05, 4.69) is 0 Å². The Labute approximate surface area is 90.9 Å². The van der Waals surface area contributed by atoms with E-state index in [0.29, 0.717) is 12.5 Å². The van der Waals surface area contributed by atoms with Gasteiger partial charge in [0.2, 0.25) is 0 Å². The van der Waals surface area contributed by atoms with Crippen LogP contribution in [0.25, 0.3) is 0 Å². The molecule has 1 aliphatic carbocycles. The molecule has 0 saturated heterocycles. The van der Waals surface area contributed by atoms with Gasteiger partial charge in [0.1, 0.15) is 5.75 Å². The molecule has 0 spiro atoms. The molecule has 0 aromatic heterocycles. The summed E-state index contributed by atoms with van der Waals surface area (Å²) >= 11 is 0. The number of aliphatic hydroxyl groups is 1. The summed E-state index contributed by atoms with van der Waals surface area (Å²) < 4.78 is 5.37. The summed E-state index contributed by atoms with van der Waals surface area (Å²) in [5.74, 6) is 1.31. The fraction of sp³-hybridized carbons (Fsp3) is 0.538. The fourth-order valence-electron chi connectivity index (χ4n) is 1.94. The highest BCUT2D eigenvalue weighted by Crippen LogP contribution is 2.45. The third kappa shape index (κ3) is 2.15. The molecule has 1 atom stereocenters. The highest BCUT2D eigenvalue weighted by molar-refractivity contribution is 5.31. The summed E-state index contributed by atoms with van der Waals surface area (Å²) in [6, 6.07) is 7.78. The number of ether oxygens (including phenoxy) is 1. The van der Waals surface area contributed by atoms with E-state index in [-0.39, 0.29) is 0 Å². The van der Waals surface area contributed by atoms with Crippen LogP contribution in [0.3, 0.4) is 0 Å². The Kier molecular flexibility index (Phi) is 2.70. The van der Waals surface area contributed by atoms with Crippen molar-refractivity contribution in [2.24, 2.45) is 5.92 Å². The monoisotopic (exact) mass is 206 g/mol. The molecular weight excluding hydrogens is 188 g/mol. The maximum Gasteiger partial charge on any atom is 0.119 e. The molecule has 82 valence electrons. The molecule has 2 nitrogen and oxygen atoms in total. The number of benzene rings is 1. The van der Waals surface area contributed by atoms with E-state index in [0.717, 1.165) is 24.2 Å². The molecule has 0 heterocycles. The van der Waals surface area contributed by atoms with Gasteiger partial charge in [-0.3, -0.25) is 0 Å². The Bertz CT molecular complexity index is 323. The van der Waals surface area contributed by atoms with E-state index >= 15 is 0 Å².